The van der Waals surface area contributed by atoms with Crippen molar-refractivity contribution < 1.29 is 9.90 Å². The van der Waals surface area contributed by atoms with Crippen LogP contribution in [0.5, 0.6) is 0 Å². The average Bonchev–Trinajstić information content (AvgIpc) is 2.91. The number of nitrogens with one attached hydrogen (secondary N) is 1. The lowest BCUT2D eigenvalue weighted by Crippen LogP contribution is -1.97. The highest BCUT2D eigenvalue weighted by atomic mass is 32.2. The van der Waals surface area contributed by atoms with Crippen molar-refractivity contribution in [1.82, 2.24) is 9.97 Å². The summed E-state index contributed by atoms with van der Waals surface area (Å²) in [5, 5.41) is 11.7. The van der Waals surface area contributed by atoms with Crippen molar-refractivity contribution in [2.24, 2.45) is 0 Å². The fourth-order valence-corrected chi connectivity index (χ4v) is 2.83. The zero-order valence-electron chi connectivity index (χ0n) is 9.83. The average molecular weight is 270 g/mol. The number of nitrogens with zero attached hydrogens (tertiary/aromatic N) is 1. The number of carboxylic acids is 1. The van der Waals surface area contributed by atoms with Gasteiger partial charge in [-0.2, -0.15) is 0 Å². The van der Waals surface area contributed by atoms with Crippen LogP contribution < -0.4 is 0 Å². The molecule has 0 aliphatic heterocycles. The predicted octanol–water partition coefficient (Wildman–Crippen LogP) is 3.41. The third-order valence-electron chi connectivity index (χ3n) is 2.79. The van der Waals surface area contributed by atoms with E-state index in [0.29, 0.717) is 5.56 Å². The molecule has 0 atom stereocenters. The van der Waals surface area contributed by atoms with Crippen LogP contribution in [0.2, 0.25) is 0 Å². The highest BCUT2D eigenvalue weighted by Gasteiger charge is 2.12. The number of fused-ring (bicyclic) bond motifs is 1. The SMILES string of the molecule is O=C(O)c1ccc(Sc2ncc[nH]2)c2ccccc12. The molecule has 0 bridgehead atoms. The number of aromatic carboxylic acids is 1. The van der Waals surface area contributed by atoms with Gasteiger partial charge >= 0.3 is 5.97 Å². The summed E-state index contributed by atoms with van der Waals surface area (Å²) < 4.78 is 0. The molecule has 2 N–H and O–H groups in total. The van der Waals surface area contributed by atoms with Crippen molar-refractivity contribution in [3.05, 3.63) is 54.4 Å². The Kier molecular flexibility index (Phi) is 2.97. The van der Waals surface area contributed by atoms with Gasteiger partial charge in [0.1, 0.15) is 0 Å². The number of aromatic nitrogens is 2. The Morgan fingerprint density at radius 2 is 1.95 bits per heavy atom. The quantitative estimate of drug-likeness (QED) is 0.765. The summed E-state index contributed by atoms with van der Waals surface area (Å²) in [5.41, 5.74) is 0.319. The molecule has 0 saturated carbocycles. The number of hydrogen-bond donors (Lipinski definition) is 2. The van der Waals surface area contributed by atoms with E-state index in [4.69, 9.17) is 0 Å². The second-order valence-corrected chi connectivity index (χ2v) is 4.99. The predicted molar refractivity (Wildman–Crippen MR) is 73.6 cm³/mol. The molecule has 3 aromatic rings. The molecule has 1 heterocycles. The molecule has 4 nitrogen and oxygen atoms in total. The Morgan fingerprint density at radius 1 is 1.16 bits per heavy atom. The van der Waals surface area contributed by atoms with Gasteiger partial charge in [-0.15, -0.1) is 0 Å². The van der Waals surface area contributed by atoms with Crippen molar-refractivity contribution in [1.29, 1.82) is 0 Å². The van der Waals surface area contributed by atoms with Gasteiger partial charge in [0.15, 0.2) is 5.16 Å². The Bertz CT molecular complexity index is 738. The van der Waals surface area contributed by atoms with Gasteiger partial charge in [-0.3, -0.25) is 0 Å². The maximum atomic E-state index is 11.2. The minimum atomic E-state index is -0.911. The van der Waals surface area contributed by atoms with Gasteiger partial charge < -0.3 is 10.1 Å². The lowest BCUT2D eigenvalue weighted by molar-refractivity contribution is 0.0699. The maximum absolute atomic E-state index is 11.2. The van der Waals surface area contributed by atoms with Crippen molar-refractivity contribution in [2.45, 2.75) is 10.1 Å². The topological polar surface area (TPSA) is 66.0 Å². The molecule has 19 heavy (non-hydrogen) atoms. The van der Waals surface area contributed by atoms with Crippen molar-refractivity contribution in [3.63, 3.8) is 0 Å². The minimum absolute atomic E-state index is 0.319. The molecule has 3 rings (SSSR count). The van der Waals surface area contributed by atoms with Crippen molar-refractivity contribution in [2.75, 3.05) is 0 Å². The summed E-state index contributed by atoms with van der Waals surface area (Å²) in [7, 11) is 0. The number of aromatic amines is 1. The molecule has 0 saturated heterocycles. The molecule has 0 radical (unpaired) electrons. The normalized spacial score (nSPS) is 10.7. The molecule has 5 heteroatoms. The van der Waals surface area contributed by atoms with Gasteiger partial charge in [-0.1, -0.05) is 36.0 Å². The number of benzene rings is 2. The molecule has 0 spiro atoms. The summed E-state index contributed by atoms with van der Waals surface area (Å²) in [6.07, 6.45) is 3.45. The Labute approximate surface area is 113 Å². The molecule has 2 aromatic carbocycles. The third-order valence-corrected chi connectivity index (χ3v) is 3.79. The fourth-order valence-electron chi connectivity index (χ4n) is 1.96. The van der Waals surface area contributed by atoms with Gasteiger partial charge in [0.05, 0.1) is 5.56 Å². The zero-order chi connectivity index (χ0) is 13.2. The summed E-state index contributed by atoms with van der Waals surface area (Å²) in [4.78, 5) is 19.4. The molecular weight excluding hydrogens is 260 g/mol. The molecule has 0 amide bonds. The van der Waals surface area contributed by atoms with Gasteiger partial charge in [-0.05, 0) is 22.9 Å². The second kappa shape index (κ2) is 4.78. The Balaban J connectivity index is 2.16. The second-order valence-electron chi connectivity index (χ2n) is 3.96. The first-order valence-electron chi connectivity index (χ1n) is 5.68. The van der Waals surface area contributed by atoms with E-state index in [1.165, 1.54) is 11.8 Å². The van der Waals surface area contributed by atoms with E-state index in [-0.39, 0.29) is 0 Å². The molecule has 94 valence electrons. The summed E-state index contributed by atoms with van der Waals surface area (Å²) in [5.74, 6) is -0.911. The molecular formula is C14H10N2O2S. The van der Waals surface area contributed by atoms with Crippen LogP contribution in [0.25, 0.3) is 10.8 Å². The molecule has 0 fully saturated rings. The van der Waals surface area contributed by atoms with Gasteiger partial charge in [-0.25, -0.2) is 9.78 Å². The van der Waals surface area contributed by atoms with E-state index >= 15 is 0 Å². The number of hydrogen-bond acceptors (Lipinski definition) is 3. The van der Waals surface area contributed by atoms with Crippen LogP contribution in [0.1, 0.15) is 10.4 Å². The monoisotopic (exact) mass is 270 g/mol. The van der Waals surface area contributed by atoms with Gasteiger partial charge in [0.2, 0.25) is 0 Å². The molecule has 0 aliphatic carbocycles. The number of H-pyrrole nitrogens is 1. The van der Waals surface area contributed by atoms with Crippen LogP contribution in [0.4, 0.5) is 0 Å². The van der Waals surface area contributed by atoms with E-state index in [9.17, 15) is 9.90 Å². The van der Waals surface area contributed by atoms with E-state index in [0.717, 1.165) is 20.8 Å². The Morgan fingerprint density at radius 3 is 2.63 bits per heavy atom. The molecule has 1 aromatic heterocycles. The van der Waals surface area contributed by atoms with E-state index in [2.05, 4.69) is 9.97 Å². The van der Waals surface area contributed by atoms with Crippen LogP contribution in [0.15, 0.2) is 58.8 Å². The third kappa shape index (κ3) is 2.20. The van der Waals surface area contributed by atoms with Crippen LogP contribution >= 0.6 is 11.8 Å². The first-order chi connectivity index (χ1) is 9.25. The smallest absolute Gasteiger partial charge is 0.336 e. The van der Waals surface area contributed by atoms with Crippen LogP contribution in [-0.4, -0.2) is 21.0 Å². The molecule has 0 aliphatic rings. The highest BCUT2D eigenvalue weighted by molar-refractivity contribution is 7.99. The van der Waals surface area contributed by atoms with E-state index in [1.54, 1.807) is 18.5 Å². The van der Waals surface area contributed by atoms with Crippen molar-refractivity contribution in [3.8, 4) is 0 Å². The first kappa shape index (κ1) is 11.8. The van der Waals surface area contributed by atoms with Crippen LogP contribution in [-0.2, 0) is 0 Å². The van der Waals surface area contributed by atoms with Crippen LogP contribution in [0, 0.1) is 0 Å². The first-order valence-corrected chi connectivity index (χ1v) is 6.49. The van der Waals surface area contributed by atoms with Gasteiger partial charge in [0.25, 0.3) is 0 Å². The number of rotatable bonds is 3. The molecule has 0 unspecified atom stereocenters. The maximum Gasteiger partial charge on any atom is 0.336 e. The Hall–Kier alpha value is -2.27. The van der Waals surface area contributed by atoms with E-state index in [1.807, 2.05) is 30.3 Å². The largest absolute Gasteiger partial charge is 0.478 e. The van der Waals surface area contributed by atoms with Crippen LogP contribution in [0.3, 0.4) is 0 Å². The fraction of sp³-hybridized carbons (Fsp3) is 0. The highest BCUT2D eigenvalue weighted by Crippen LogP contribution is 2.33. The van der Waals surface area contributed by atoms with Gasteiger partial charge in [0, 0.05) is 17.3 Å². The summed E-state index contributed by atoms with van der Waals surface area (Å²) in [6, 6.07) is 10.9. The van der Waals surface area contributed by atoms with E-state index < -0.39 is 5.97 Å². The lowest BCUT2D eigenvalue weighted by Gasteiger charge is -2.07. The summed E-state index contributed by atoms with van der Waals surface area (Å²) in [6.45, 7) is 0. The standard InChI is InChI=1S/C14H10N2O2S/c17-13(18)11-5-6-12(19-14-15-7-8-16-14)10-4-2-1-3-9(10)11/h1-8H,(H,15,16)(H,17,18). The number of imidazole rings is 1. The zero-order valence-corrected chi connectivity index (χ0v) is 10.6. The summed E-state index contributed by atoms with van der Waals surface area (Å²) >= 11 is 1.48. The number of carboxylic acid groups (broad SMARTS) is 1. The lowest BCUT2D eigenvalue weighted by atomic mass is 10.0. The van der Waals surface area contributed by atoms with Crippen molar-refractivity contribution >= 4 is 28.5 Å². The minimum Gasteiger partial charge on any atom is -0.478 e. The number of carbonyl (C=O) groups is 1.